The molecule has 110 valence electrons. The highest BCUT2D eigenvalue weighted by Crippen LogP contribution is 2.31. The number of nitrogens with zero attached hydrogens (tertiary/aromatic N) is 3. The molecule has 0 aliphatic rings. The molecule has 1 aromatic carbocycles. The zero-order chi connectivity index (χ0) is 15.3. The molecule has 0 unspecified atom stereocenters. The van der Waals surface area contributed by atoms with E-state index in [1.54, 1.807) is 6.92 Å². The lowest BCUT2D eigenvalue weighted by molar-refractivity contribution is 0.405. The maximum absolute atomic E-state index is 12.3. The van der Waals surface area contributed by atoms with Gasteiger partial charge in [0.05, 0.1) is 5.39 Å². The van der Waals surface area contributed by atoms with Gasteiger partial charge < -0.3 is 8.94 Å². The summed E-state index contributed by atoms with van der Waals surface area (Å²) >= 11 is 0. The third-order valence-electron chi connectivity index (χ3n) is 3.72. The van der Waals surface area contributed by atoms with Crippen LogP contribution in [0.3, 0.4) is 0 Å². The molecule has 0 radical (unpaired) electrons. The number of benzene rings is 1. The van der Waals surface area contributed by atoms with Crippen LogP contribution in [-0.4, -0.2) is 14.9 Å². The van der Waals surface area contributed by atoms with Crippen LogP contribution in [-0.2, 0) is 6.54 Å². The fraction of sp³-hybridized carbons (Fsp3) is 0.188. The van der Waals surface area contributed by atoms with Crippen LogP contribution in [0.2, 0.25) is 0 Å². The summed E-state index contributed by atoms with van der Waals surface area (Å²) in [5.41, 5.74) is 1.38. The zero-order valence-electron chi connectivity index (χ0n) is 12.2. The van der Waals surface area contributed by atoms with E-state index in [0.29, 0.717) is 29.1 Å². The van der Waals surface area contributed by atoms with Gasteiger partial charge in [-0.1, -0.05) is 23.4 Å². The molecule has 3 heterocycles. The molecule has 0 saturated carbocycles. The Kier molecular flexibility index (Phi) is 2.66. The molecule has 6 heteroatoms. The highest BCUT2D eigenvalue weighted by Gasteiger charge is 2.20. The van der Waals surface area contributed by atoms with E-state index < -0.39 is 0 Å². The van der Waals surface area contributed by atoms with Crippen molar-refractivity contribution in [3.05, 3.63) is 46.4 Å². The van der Waals surface area contributed by atoms with Gasteiger partial charge in [-0.15, -0.1) is 0 Å². The van der Waals surface area contributed by atoms with E-state index in [9.17, 15) is 4.79 Å². The predicted molar refractivity (Wildman–Crippen MR) is 81.7 cm³/mol. The van der Waals surface area contributed by atoms with E-state index in [4.69, 9.17) is 8.94 Å². The molecule has 0 N–H and O–H groups in total. The minimum Gasteiger partial charge on any atom is -0.454 e. The van der Waals surface area contributed by atoms with E-state index in [1.807, 2.05) is 37.3 Å². The third kappa shape index (κ3) is 1.70. The van der Waals surface area contributed by atoms with Gasteiger partial charge in [0.1, 0.15) is 17.0 Å². The standard InChI is InChI=1S/C16H13N3O3/c1-3-19-16(20)15-13(9(2)22-18-15)14(17-19)12-8-10-6-4-5-7-11(10)21-12/h4-8H,3H2,1-2H3. The fourth-order valence-corrected chi connectivity index (χ4v) is 2.62. The number of aryl methyl sites for hydroxylation is 2. The minimum absolute atomic E-state index is 0.255. The van der Waals surface area contributed by atoms with Gasteiger partial charge in [-0.05, 0) is 26.0 Å². The Bertz CT molecular complexity index is 1020. The Morgan fingerprint density at radius 3 is 2.86 bits per heavy atom. The first kappa shape index (κ1) is 12.8. The van der Waals surface area contributed by atoms with Crippen molar-refractivity contribution < 1.29 is 8.94 Å². The molecule has 0 fully saturated rings. The van der Waals surface area contributed by atoms with E-state index >= 15 is 0 Å². The first-order valence-electron chi connectivity index (χ1n) is 7.05. The number of aromatic nitrogens is 3. The van der Waals surface area contributed by atoms with Crippen LogP contribution in [0.4, 0.5) is 0 Å². The van der Waals surface area contributed by atoms with Crippen molar-refractivity contribution in [1.82, 2.24) is 14.9 Å². The van der Waals surface area contributed by atoms with Gasteiger partial charge in [0.2, 0.25) is 0 Å². The molecule has 0 saturated heterocycles. The average molecular weight is 295 g/mol. The lowest BCUT2D eigenvalue weighted by atomic mass is 10.1. The second kappa shape index (κ2) is 4.56. The van der Waals surface area contributed by atoms with Crippen molar-refractivity contribution in [2.24, 2.45) is 0 Å². The normalized spacial score (nSPS) is 11.5. The molecular formula is C16H13N3O3. The number of hydrogen-bond acceptors (Lipinski definition) is 5. The Morgan fingerprint density at radius 1 is 1.27 bits per heavy atom. The van der Waals surface area contributed by atoms with Crippen LogP contribution in [0.5, 0.6) is 0 Å². The molecule has 6 nitrogen and oxygen atoms in total. The van der Waals surface area contributed by atoms with Gasteiger partial charge in [0.15, 0.2) is 11.3 Å². The van der Waals surface area contributed by atoms with Gasteiger partial charge in [-0.2, -0.15) is 5.10 Å². The topological polar surface area (TPSA) is 74.1 Å². The molecule has 0 amide bonds. The van der Waals surface area contributed by atoms with Crippen LogP contribution in [0.1, 0.15) is 12.7 Å². The van der Waals surface area contributed by atoms with Crippen LogP contribution in [0.15, 0.2) is 44.1 Å². The first-order valence-corrected chi connectivity index (χ1v) is 7.05. The van der Waals surface area contributed by atoms with Crippen molar-refractivity contribution in [3.8, 4) is 11.5 Å². The smallest absolute Gasteiger partial charge is 0.296 e. The number of fused-ring (bicyclic) bond motifs is 2. The first-order chi connectivity index (χ1) is 10.7. The van der Waals surface area contributed by atoms with Crippen molar-refractivity contribution in [2.45, 2.75) is 20.4 Å². The van der Waals surface area contributed by atoms with Crippen LogP contribution < -0.4 is 5.56 Å². The molecule has 0 aliphatic carbocycles. The van der Waals surface area contributed by atoms with Gasteiger partial charge in [-0.25, -0.2) is 4.68 Å². The average Bonchev–Trinajstić information content (AvgIpc) is 3.12. The maximum atomic E-state index is 12.3. The molecule has 0 spiro atoms. The van der Waals surface area contributed by atoms with Gasteiger partial charge >= 0.3 is 0 Å². The fourth-order valence-electron chi connectivity index (χ4n) is 2.62. The van der Waals surface area contributed by atoms with E-state index in [1.165, 1.54) is 4.68 Å². The third-order valence-corrected chi connectivity index (χ3v) is 3.72. The summed E-state index contributed by atoms with van der Waals surface area (Å²) in [6.45, 7) is 4.07. The number of rotatable bonds is 2. The quantitative estimate of drug-likeness (QED) is 0.568. The number of furan rings is 1. The molecular weight excluding hydrogens is 282 g/mol. The van der Waals surface area contributed by atoms with E-state index in [2.05, 4.69) is 10.3 Å². The number of hydrogen-bond donors (Lipinski definition) is 0. The monoisotopic (exact) mass is 295 g/mol. The summed E-state index contributed by atoms with van der Waals surface area (Å²) in [6.07, 6.45) is 0. The summed E-state index contributed by atoms with van der Waals surface area (Å²) < 4.78 is 12.4. The second-order valence-corrected chi connectivity index (χ2v) is 5.08. The molecule has 0 aliphatic heterocycles. The molecule has 0 atom stereocenters. The van der Waals surface area contributed by atoms with E-state index in [-0.39, 0.29) is 11.1 Å². The van der Waals surface area contributed by atoms with Crippen molar-refractivity contribution in [2.75, 3.05) is 0 Å². The zero-order valence-corrected chi connectivity index (χ0v) is 12.2. The van der Waals surface area contributed by atoms with Crippen molar-refractivity contribution >= 4 is 21.9 Å². The summed E-state index contributed by atoms with van der Waals surface area (Å²) in [5.74, 6) is 1.15. The highest BCUT2D eigenvalue weighted by atomic mass is 16.5. The van der Waals surface area contributed by atoms with Gasteiger partial charge in [0, 0.05) is 11.9 Å². The Labute approximate surface area is 124 Å². The van der Waals surface area contributed by atoms with Crippen LogP contribution in [0.25, 0.3) is 33.3 Å². The summed E-state index contributed by atoms with van der Waals surface area (Å²) in [6, 6.07) is 9.63. The van der Waals surface area contributed by atoms with E-state index in [0.717, 1.165) is 11.0 Å². The summed E-state index contributed by atoms with van der Waals surface area (Å²) in [7, 11) is 0. The minimum atomic E-state index is -0.255. The lowest BCUT2D eigenvalue weighted by Crippen LogP contribution is -2.22. The summed E-state index contributed by atoms with van der Waals surface area (Å²) in [5, 5.41) is 9.89. The number of para-hydroxylation sites is 1. The van der Waals surface area contributed by atoms with Crippen molar-refractivity contribution in [1.29, 1.82) is 0 Å². The van der Waals surface area contributed by atoms with Gasteiger partial charge in [-0.3, -0.25) is 4.79 Å². The Balaban J connectivity index is 2.11. The molecule has 4 rings (SSSR count). The largest absolute Gasteiger partial charge is 0.454 e. The highest BCUT2D eigenvalue weighted by molar-refractivity contribution is 5.94. The van der Waals surface area contributed by atoms with Crippen LogP contribution in [0, 0.1) is 6.92 Å². The molecule has 3 aromatic heterocycles. The lowest BCUT2D eigenvalue weighted by Gasteiger charge is -2.04. The maximum Gasteiger partial charge on any atom is 0.296 e. The Hall–Kier alpha value is -2.89. The SMILES string of the molecule is CCn1nc(-c2cc3ccccc3o2)c2c(C)onc2c1=O. The predicted octanol–water partition coefficient (Wildman–Crippen LogP) is 3.13. The second-order valence-electron chi connectivity index (χ2n) is 5.08. The van der Waals surface area contributed by atoms with Crippen LogP contribution >= 0.6 is 0 Å². The molecule has 4 aromatic rings. The van der Waals surface area contributed by atoms with Crippen molar-refractivity contribution in [3.63, 3.8) is 0 Å². The Morgan fingerprint density at radius 2 is 2.09 bits per heavy atom. The molecule has 0 bridgehead atoms. The molecule has 22 heavy (non-hydrogen) atoms. The van der Waals surface area contributed by atoms with Gasteiger partial charge in [0.25, 0.3) is 5.56 Å². The summed E-state index contributed by atoms with van der Waals surface area (Å²) in [4.78, 5) is 12.3.